The van der Waals surface area contributed by atoms with Gasteiger partial charge in [-0.15, -0.1) is 0 Å². The molecule has 3 heterocycles. The first-order valence-corrected chi connectivity index (χ1v) is 9.16. The van der Waals surface area contributed by atoms with Crippen molar-refractivity contribution in [1.29, 1.82) is 0 Å². The number of hydrogen-bond acceptors (Lipinski definition) is 5. The van der Waals surface area contributed by atoms with Crippen molar-refractivity contribution in [2.75, 3.05) is 38.7 Å². The molecule has 1 aromatic carbocycles. The Morgan fingerprint density at radius 3 is 2.56 bits per heavy atom. The Balaban J connectivity index is 1.60. The minimum absolute atomic E-state index is 0.230. The number of ether oxygens (including phenoxy) is 1. The van der Waals surface area contributed by atoms with Gasteiger partial charge in [0.1, 0.15) is 18.0 Å². The van der Waals surface area contributed by atoms with Crippen molar-refractivity contribution < 1.29 is 18.9 Å². The Bertz CT molecular complexity index is 859. The third-order valence-corrected chi connectivity index (χ3v) is 5.05. The SMILES string of the molecule is CC(C)COc1ccc(N2CC[N+]3=C2N=C2C3C(=O)N(C)C(=O)N2C)cc1. The maximum absolute atomic E-state index is 12.6. The monoisotopic (exact) mass is 370 g/mol. The second-order valence-electron chi connectivity index (χ2n) is 7.46. The van der Waals surface area contributed by atoms with Gasteiger partial charge < -0.3 is 4.74 Å². The third-order valence-electron chi connectivity index (χ3n) is 5.05. The topological polar surface area (TPSA) is 68.5 Å². The van der Waals surface area contributed by atoms with Crippen LogP contribution in [-0.2, 0) is 4.79 Å². The predicted octanol–water partition coefficient (Wildman–Crippen LogP) is 1.21. The number of nitrogens with zero attached hydrogens (tertiary/aromatic N) is 5. The van der Waals surface area contributed by atoms with Crippen molar-refractivity contribution in [1.82, 2.24) is 9.80 Å². The molecule has 8 heteroatoms. The van der Waals surface area contributed by atoms with Gasteiger partial charge in [-0.25, -0.2) is 14.3 Å². The molecule has 0 radical (unpaired) electrons. The van der Waals surface area contributed by atoms with E-state index in [0.717, 1.165) is 22.9 Å². The molecule has 0 aromatic heterocycles. The number of rotatable bonds is 4. The number of imide groups is 1. The molecule has 0 N–H and O–H groups in total. The van der Waals surface area contributed by atoms with Crippen molar-refractivity contribution in [3.63, 3.8) is 0 Å². The van der Waals surface area contributed by atoms with E-state index in [1.165, 1.54) is 11.9 Å². The summed E-state index contributed by atoms with van der Waals surface area (Å²) in [5, 5.41) is 0. The van der Waals surface area contributed by atoms with Crippen molar-refractivity contribution >= 4 is 29.4 Å². The first-order chi connectivity index (χ1) is 12.9. The fourth-order valence-corrected chi connectivity index (χ4v) is 3.57. The van der Waals surface area contributed by atoms with E-state index in [0.29, 0.717) is 30.9 Å². The van der Waals surface area contributed by atoms with E-state index < -0.39 is 6.04 Å². The number of urea groups is 1. The molecule has 4 rings (SSSR count). The first kappa shape index (κ1) is 17.5. The lowest BCUT2D eigenvalue weighted by molar-refractivity contribution is -0.525. The van der Waals surface area contributed by atoms with Gasteiger partial charge in [0.2, 0.25) is 11.9 Å². The number of carbonyl (C=O) groups excluding carboxylic acids is 2. The molecule has 0 saturated carbocycles. The van der Waals surface area contributed by atoms with E-state index in [1.54, 1.807) is 7.05 Å². The number of guanidine groups is 1. The fourth-order valence-electron chi connectivity index (χ4n) is 3.57. The highest BCUT2D eigenvalue weighted by Gasteiger charge is 2.54. The van der Waals surface area contributed by atoms with Gasteiger partial charge in [0, 0.05) is 14.1 Å². The van der Waals surface area contributed by atoms with Crippen LogP contribution in [0.5, 0.6) is 5.75 Å². The number of benzene rings is 1. The number of anilines is 1. The number of amides is 3. The average molecular weight is 370 g/mol. The van der Waals surface area contributed by atoms with Crippen molar-refractivity contribution in [2.45, 2.75) is 19.9 Å². The minimum atomic E-state index is -0.522. The van der Waals surface area contributed by atoms with Gasteiger partial charge in [-0.3, -0.25) is 14.6 Å². The van der Waals surface area contributed by atoms with E-state index in [9.17, 15) is 9.59 Å². The molecule has 1 saturated heterocycles. The standard InChI is InChI=1S/C19H24N5O3/c1-12(2)11-27-14-7-5-13(6-8-14)23-9-10-24-15-16(20-18(23)24)21(3)19(26)22(4)17(15)25/h5-8,12,15H,9-11H2,1-4H3/q+1. The first-order valence-electron chi connectivity index (χ1n) is 9.16. The molecular formula is C19H24N5O3+. The summed E-state index contributed by atoms with van der Waals surface area (Å²) < 4.78 is 7.72. The summed E-state index contributed by atoms with van der Waals surface area (Å²) in [6.07, 6.45) is 0. The van der Waals surface area contributed by atoms with Crippen molar-refractivity contribution in [3.05, 3.63) is 24.3 Å². The summed E-state index contributed by atoms with van der Waals surface area (Å²) in [4.78, 5) is 34.2. The van der Waals surface area contributed by atoms with Crippen LogP contribution in [0.4, 0.5) is 10.5 Å². The lowest BCUT2D eigenvalue weighted by Crippen LogP contribution is -2.61. The van der Waals surface area contributed by atoms with Crippen LogP contribution in [0.1, 0.15) is 13.8 Å². The summed E-state index contributed by atoms with van der Waals surface area (Å²) in [5.74, 6) is 2.29. The van der Waals surface area contributed by atoms with Crippen LogP contribution in [0.2, 0.25) is 0 Å². The number of amidine groups is 1. The molecule has 1 aromatic rings. The van der Waals surface area contributed by atoms with Crippen LogP contribution in [0, 0.1) is 5.92 Å². The van der Waals surface area contributed by atoms with Gasteiger partial charge in [0.25, 0.3) is 5.91 Å². The van der Waals surface area contributed by atoms with Crippen molar-refractivity contribution in [2.24, 2.45) is 10.9 Å². The van der Waals surface area contributed by atoms with Gasteiger partial charge in [-0.2, -0.15) is 0 Å². The largest absolute Gasteiger partial charge is 0.493 e. The Labute approximate surface area is 158 Å². The van der Waals surface area contributed by atoms with Crippen LogP contribution in [0.3, 0.4) is 0 Å². The summed E-state index contributed by atoms with van der Waals surface area (Å²) in [6, 6.07) is 7.02. The molecule has 1 fully saturated rings. The van der Waals surface area contributed by atoms with Gasteiger partial charge in [-0.1, -0.05) is 18.8 Å². The number of carbonyl (C=O) groups is 2. The smallest absolute Gasteiger partial charge is 0.397 e. The van der Waals surface area contributed by atoms with Crippen LogP contribution < -0.4 is 9.64 Å². The Kier molecular flexibility index (Phi) is 4.13. The van der Waals surface area contributed by atoms with Gasteiger partial charge in [-0.05, 0) is 30.2 Å². The Hall–Kier alpha value is -2.90. The highest BCUT2D eigenvalue weighted by molar-refractivity contribution is 6.24. The maximum Gasteiger partial charge on any atom is 0.397 e. The zero-order chi connectivity index (χ0) is 19.3. The molecule has 8 nitrogen and oxygen atoms in total. The second kappa shape index (κ2) is 6.37. The van der Waals surface area contributed by atoms with Gasteiger partial charge in [0.15, 0.2) is 0 Å². The lowest BCUT2D eigenvalue weighted by Gasteiger charge is -2.31. The third kappa shape index (κ3) is 2.75. The lowest BCUT2D eigenvalue weighted by atomic mass is 10.1. The van der Waals surface area contributed by atoms with Crippen molar-refractivity contribution in [3.8, 4) is 5.75 Å². The molecule has 3 aliphatic heterocycles. The summed E-state index contributed by atoms with van der Waals surface area (Å²) in [7, 11) is 3.17. The quantitative estimate of drug-likeness (QED) is 0.748. The van der Waals surface area contributed by atoms with Crippen LogP contribution in [0.25, 0.3) is 0 Å². The molecule has 0 aliphatic carbocycles. The number of likely N-dealkylation sites (N-methyl/N-ethyl adjacent to an activating group) is 2. The number of aliphatic imine (C=N–C) groups is 1. The number of fused-ring (bicyclic) bond motifs is 2. The maximum atomic E-state index is 12.6. The zero-order valence-corrected chi connectivity index (χ0v) is 16.0. The van der Waals surface area contributed by atoms with Crippen LogP contribution in [-0.4, -0.2) is 77.9 Å². The van der Waals surface area contributed by atoms with Crippen LogP contribution in [0.15, 0.2) is 29.3 Å². The van der Waals surface area contributed by atoms with E-state index in [-0.39, 0.29) is 11.9 Å². The summed E-state index contributed by atoms with van der Waals surface area (Å²) >= 11 is 0. The molecule has 1 unspecified atom stereocenters. The Morgan fingerprint density at radius 2 is 1.89 bits per heavy atom. The average Bonchev–Trinajstić information content (AvgIpc) is 3.22. The summed E-state index contributed by atoms with van der Waals surface area (Å²) in [6.45, 7) is 6.33. The van der Waals surface area contributed by atoms with Crippen LogP contribution >= 0.6 is 0 Å². The van der Waals surface area contributed by atoms with Gasteiger partial charge >= 0.3 is 12.0 Å². The zero-order valence-electron chi connectivity index (χ0n) is 16.0. The fraction of sp³-hybridized carbons (Fsp3) is 0.474. The van der Waals surface area contributed by atoms with E-state index in [4.69, 9.17) is 4.74 Å². The number of hydrogen-bond donors (Lipinski definition) is 0. The highest BCUT2D eigenvalue weighted by Crippen LogP contribution is 2.27. The summed E-state index contributed by atoms with van der Waals surface area (Å²) in [5.41, 5.74) is 0.988. The molecule has 0 spiro atoms. The molecule has 142 valence electrons. The molecular weight excluding hydrogens is 346 g/mol. The van der Waals surface area contributed by atoms with Gasteiger partial charge in [0.05, 0.1) is 13.2 Å². The van der Waals surface area contributed by atoms with E-state index >= 15 is 0 Å². The second-order valence-corrected chi connectivity index (χ2v) is 7.46. The highest BCUT2D eigenvalue weighted by atomic mass is 16.5. The molecule has 0 bridgehead atoms. The predicted molar refractivity (Wildman–Crippen MR) is 101 cm³/mol. The molecule has 3 aliphatic rings. The molecule has 1 atom stereocenters. The van der Waals surface area contributed by atoms with E-state index in [1.807, 2.05) is 28.8 Å². The normalized spacial score (nSPS) is 21.9. The van der Waals surface area contributed by atoms with E-state index in [2.05, 4.69) is 23.7 Å². The molecule has 27 heavy (non-hydrogen) atoms. The molecule has 3 amide bonds. The minimum Gasteiger partial charge on any atom is -0.493 e. The Morgan fingerprint density at radius 1 is 1.19 bits per heavy atom.